The molecule has 0 aromatic heterocycles. The lowest BCUT2D eigenvalue weighted by molar-refractivity contribution is 0.0425. The van der Waals surface area contributed by atoms with Gasteiger partial charge in [-0.2, -0.15) is 0 Å². The summed E-state index contributed by atoms with van der Waals surface area (Å²) in [4.78, 5) is 2.92. The summed E-state index contributed by atoms with van der Waals surface area (Å²) in [6.07, 6.45) is 11.6. The van der Waals surface area contributed by atoms with Crippen LogP contribution in [-0.2, 0) is 0 Å². The molecule has 2 saturated carbocycles. The van der Waals surface area contributed by atoms with E-state index in [1.165, 1.54) is 64.5 Å². The van der Waals surface area contributed by atoms with E-state index in [1.807, 2.05) is 0 Å². The lowest BCUT2D eigenvalue weighted by atomic mass is 9.82. The summed E-state index contributed by atoms with van der Waals surface area (Å²) in [5.41, 5.74) is 0. The van der Waals surface area contributed by atoms with Gasteiger partial charge in [-0.15, -0.1) is 0 Å². The largest absolute Gasteiger partial charge is 0.311 e. The summed E-state index contributed by atoms with van der Waals surface area (Å²) in [7, 11) is 0. The number of piperazine rings is 1. The molecule has 4 unspecified atom stereocenters. The van der Waals surface area contributed by atoms with Crippen molar-refractivity contribution in [3.05, 3.63) is 0 Å². The zero-order chi connectivity index (χ0) is 13.2. The Hall–Kier alpha value is -0.0800. The Labute approximate surface area is 119 Å². The van der Waals surface area contributed by atoms with Crippen LogP contribution in [0, 0.1) is 11.8 Å². The van der Waals surface area contributed by atoms with E-state index in [9.17, 15) is 0 Å². The fraction of sp³-hybridized carbons (Fsp3) is 1.00. The standard InChI is InChI=1S/C17H32N2/c1-3-13-6-5-7-16(10-13)19-12-17(14-8-9-14)18-11-15(19)4-2/h13-18H,3-12H2,1-2H3. The van der Waals surface area contributed by atoms with Crippen LogP contribution in [0.5, 0.6) is 0 Å². The average molecular weight is 264 g/mol. The van der Waals surface area contributed by atoms with E-state index in [1.54, 1.807) is 0 Å². The Morgan fingerprint density at radius 3 is 2.58 bits per heavy atom. The molecule has 4 atom stereocenters. The maximum atomic E-state index is 3.83. The highest BCUT2D eigenvalue weighted by atomic mass is 15.3. The third-order valence-corrected chi connectivity index (χ3v) is 5.96. The molecular formula is C17H32N2. The lowest BCUT2D eigenvalue weighted by Gasteiger charge is -2.47. The molecule has 1 saturated heterocycles. The van der Waals surface area contributed by atoms with Gasteiger partial charge in [0.15, 0.2) is 0 Å². The molecule has 0 spiro atoms. The van der Waals surface area contributed by atoms with E-state index in [0.29, 0.717) is 0 Å². The van der Waals surface area contributed by atoms with Gasteiger partial charge in [0.1, 0.15) is 0 Å². The van der Waals surface area contributed by atoms with Crippen molar-refractivity contribution in [1.82, 2.24) is 10.2 Å². The zero-order valence-corrected chi connectivity index (χ0v) is 12.9. The zero-order valence-electron chi connectivity index (χ0n) is 12.9. The van der Waals surface area contributed by atoms with Gasteiger partial charge in [0.2, 0.25) is 0 Å². The summed E-state index contributed by atoms with van der Waals surface area (Å²) in [5, 5.41) is 3.83. The van der Waals surface area contributed by atoms with Gasteiger partial charge in [-0.1, -0.05) is 33.1 Å². The lowest BCUT2D eigenvalue weighted by Crippen LogP contribution is -2.60. The molecule has 3 rings (SSSR count). The normalized spacial score (nSPS) is 41.4. The molecule has 19 heavy (non-hydrogen) atoms. The van der Waals surface area contributed by atoms with E-state index in [4.69, 9.17) is 0 Å². The van der Waals surface area contributed by atoms with E-state index in [0.717, 1.165) is 30.0 Å². The van der Waals surface area contributed by atoms with Gasteiger partial charge in [-0.3, -0.25) is 4.90 Å². The summed E-state index contributed by atoms with van der Waals surface area (Å²) >= 11 is 0. The molecule has 2 heteroatoms. The summed E-state index contributed by atoms with van der Waals surface area (Å²) in [5.74, 6) is 2.01. The van der Waals surface area contributed by atoms with Crippen LogP contribution in [0.3, 0.4) is 0 Å². The van der Waals surface area contributed by atoms with Gasteiger partial charge in [0.05, 0.1) is 0 Å². The minimum Gasteiger partial charge on any atom is -0.311 e. The maximum Gasteiger partial charge on any atom is 0.0224 e. The van der Waals surface area contributed by atoms with Crippen molar-refractivity contribution in [3.63, 3.8) is 0 Å². The van der Waals surface area contributed by atoms with E-state index >= 15 is 0 Å². The second-order valence-corrected chi connectivity index (χ2v) is 7.21. The number of nitrogens with zero attached hydrogens (tertiary/aromatic N) is 1. The monoisotopic (exact) mass is 264 g/mol. The first-order chi connectivity index (χ1) is 9.31. The Morgan fingerprint density at radius 1 is 1.05 bits per heavy atom. The van der Waals surface area contributed by atoms with Gasteiger partial charge in [-0.05, 0) is 43.9 Å². The Kier molecular flexibility index (Phi) is 4.48. The molecule has 0 aromatic rings. The SMILES string of the molecule is CCC1CCCC(N2CC(C3CC3)NCC2CC)C1. The smallest absolute Gasteiger partial charge is 0.0224 e. The maximum absolute atomic E-state index is 3.83. The van der Waals surface area contributed by atoms with Gasteiger partial charge in [-0.25, -0.2) is 0 Å². The summed E-state index contributed by atoms with van der Waals surface area (Å²) in [6.45, 7) is 7.33. The molecule has 3 fully saturated rings. The average Bonchev–Trinajstić information content (AvgIpc) is 3.31. The molecule has 0 aromatic carbocycles. The van der Waals surface area contributed by atoms with Crippen LogP contribution in [-0.4, -0.2) is 36.1 Å². The van der Waals surface area contributed by atoms with Crippen LogP contribution in [0.1, 0.15) is 65.2 Å². The van der Waals surface area contributed by atoms with Crippen molar-refractivity contribution in [3.8, 4) is 0 Å². The van der Waals surface area contributed by atoms with E-state index < -0.39 is 0 Å². The van der Waals surface area contributed by atoms with E-state index in [-0.39, 0.29) is 0 Å². The fourth-order valence-corrected chi connectivity index (χ4v) is 4.42. The number of hydrogen-bond donors (Lipinski definition) is 1. The van der Waals surface area contributed by atoms with Crippen LogP contribution >= 0.6 is 0 Å². The minimum absolute atomic E-state index is 0.801. The van der Waals surface area contributed by atoms with Crippen molar-refractivity contribution >= 4 is 0 Å². The highest BCUT2D eigenvalue weighted by Gasteiger charge is 2.39. The molecule has 2 nitrogen and oxygen atoms in total. The quantitative estimate of drug-likeness (QED) is 0.837. The van der Waals surface area contributed by atoms with E-state index in [2.05, 4.69) is 24.1 Å². The van der Waals surface area contributed by atoms with Crippen molar-refractivity contribution in [2.24, 2.45) is 11.8 Å². The summed E-state index contributed by atoms with van der Waals surface area (Å²) < 4.78 is 0. The first kappa shape index (κ1) is 13.9. The highest BCUT2D eigenvalue weighted by Crippen LogP contribution is 2.37. The van der Waals surface area contributed by atoms with Crippen LogP contribution < -0.4 is 5.32 Å². The molecule has 3 aliphatic rings. The van der Waals surface area contributed by atoms with Crippen LogP contribution in [0.25, 0.3) is 0 Å². The fourth-order valence-electron chi connectivity index (χ4n) is 4.42. The van der Waals surface area contributed by atoms with Crippen molar-refractivity contribution in [2.75, 3.05) is 13.1 Å². The topological polar surface area (TPSA) is 15.3 Å². The van der Waals surface area contributed by atoms with Crippen molar-refractivity contribution < 1.29 is 0 Å². The van der Waals surface area contributed by atoms with Crippen molar-refractivity contribution in [2.45, 2.75) is 83.3 Å². The molecule has 2 aliphatic carbocycles. The second-order valence-electron chi connectivity index (χ2n) is 7.21. The van der Waals surface area contributed by atoms with Crippen LogP contribution in [0.15, 0.2) is 0 Å². The molecule has 0 radical (unpaired) electrons. The van der Waals surface area contributed by atoms with Gasteiger partial charge >= 0.3 is 0 Å². The molecular weight excluding hydrogens is 232 g/mol. The van der Waals surface area contributed by atoms with Gasteiger partial charge in [0.25, 0.3) is 0 Å². The Morgan fingerprint density at radius 2 is 1.89 bits per heavy atom. The van der Waals surface area contributed by atoms with Crippen LogP contribution in [0.4, 0.5) is 0 Å². The molecule has 1 heterocycles. The Bertz CT molecular complexity index is 287. The third kappa shape index (κ3) is 3.16. The predicted molar refractivity (Wildman–Crippen MR) is 81.3 cm³/mol. The minimum atomic E-state index is 0.801. The van der Waals surface area contributed by atoms with Crippen molar-refractivity contribution in [1.29, 1.82) is 0 Å². The molecule has 0 bridgehead atoms. The second kappa shape index (κ2) is 6.13. The molecule has 0 amide bonds. The van der Waals surface area contributed by atoms with Gasteiger partial charge in [0, 0.05) is 31.2 Å². The number of rotatable bonds is 4. The first-order valence-corrected chi connectivity index (χ1v) is 8.80. The Balaban J connectivity index is 1.64. The number of nitrogens with one attached hydrogen (secondary N) is 1. The molecule has 110 valence electrons. The third-order valence-electron chi connectivity index (χ3n) is 5.96. The highest BCUT2D eigenvalue weighted by molar-refractivity contribution is 4.97. The van der Waals surface area contributed by atoms with Gasteiger partial charge < -0.3 is 5.32 Å². The number of hydrogen-bond acceptors (Lipinski definition) is 2. The summed E-state index contributed by atoms with van der Waals surface area (Å²) in [6, 6.07) is 2.51. The molecule has 1 N–H and O–H groups in total. The first-order valence-electron chi connectivity index (χ1n) is 8.80. The molecule has 1 aliphatic heterocycles. The van der Waals surface area contributed by atoms with Crippen LogP contribution in [0.2, 0.25) is 0 Å². The predicted octanol–water partition coefficient (Wildman–Crippen LogP) is 3.42.